The van der Waals surface area contributed by atoms with Gasteiger partial charge in [0.05, 0.1) is 13.2 Å². The summed E-state index contributed by atoms with van der Waals surface area (Å²) in [6.07, 6.45) is 3.76. The zero-order valence-corrected chi connectivity index (χ0v) is 16.8. The molecule has 0 saturated carbocycles. The first-order valence-corrected chi connectivity index (χ1v) is 8.41. The molecule has 25 heavy (non-hydrogen) atoms. The molecule has 1 N–H and O–H groups in total. The minimum Gasteiger partial charge on any atom is -0.383 e. The summed E-state index contributed by atoms with van der Waals surface area (Å²) >= 11 is 0. The molecule has 0 bridgehead atoms. The van der Waals surface area contributed by atoms with Gasteiger partial charge < -0.3 is 15.0 Å². The Morgan fingerprint density at radius 1 is 1.24 bits per heavy atom. The number of pyridine rings is 1. The monoisotopic (exact) mass is 452 g/mol. The molecule has 0 fully saturated rings. The summed E-state index contributed by atoms with van der Waals surface area (Å²) in [6.45, 7) is 3.05. The number of rotatable bonds is 6. The van der Waals surface area contributed by atoms with Crippen molar-refractivity contribution in [3.05, 3.63) is 59.9 Å². The summed E-state index contributed by atoms with van der Waals surface area (Å²) in [6, 6.07) is 14.5. The lowest BCUT2D eigenvalue weighted by Gasteiger charge is -2.23. The summed E-state index contributed by atoms with van der Waals surface area (Å²) in [4.78, 5) is 11.3. The number of halogens is 1. The third kappa shape index (κ3) is 5.40. The first-order valence-electron chi connectivity index (χ1n) is 8.41. The minimum atomic E-state index is 0. The number of hydrogen-bond donors (Lipinski definition) is 1. The number of fused-ring (bicyclic) bond motifs is 1. The van der Waals surface area contributed by atoms with Crippen molar-refractivity contribution in [3.8, 4) is 0 Å². The number of benzene rings is 1. The van der Waals surface area contributed by atoms with Crippen molar-refractivity contribution >= 4 is 35.6 Å². The number of nitrogens with one attached hydrogen (secondary N) is 1. The molecular weight excluding hydrogens is 427 g/mol. The number of guanidine groups is 1. The predicted molar refractivity (Wildman–Crippen MR) is 113 cm³/mol. The van der Waals surface area contributed by atoms with Gasteiger partial charge in [-0.1, -0.05) is 24.3 Å². The number of methoxy groups -OCH3 is 1. The fourth-order valence-corrected chi connectivity index (χ4v) is 2.89. The molecule has 0 atom stereocenters. The molecular formula is C19H25IN4O. The zero-order valence-electron chi connectivity index (χ0n) is 14.5. The fourth-order valence-electron chi connectivity index (χ4n) is 2.89. The lowest BCUT2D eigenvalue weighted by molar-refractivity contribution is 0.208. The maximum Gasteiger partial charge on any atom is 0.198 e. The number of ether oxygens (including phenoxy) is 1. The van der Waals surface area contributed by atoms with Crippen molar-refractivity contribution < 1.29 is 4.74 Å². The van der Waals surface area contributed by atoms with E-state index in [0.29, 0.717) is 13.2 Å². The maximum atomic E-state index is 5.13. The Morgan fingerprint density at radius 2 is 2.08 bits per heavy atom. The van der Waals surface area contributed by atoms with Crippen molar-refractivity contribution in [2.24, 2.45) is 4.99 Å². The van der Waals surface area contributed by atoms with Crippen molar-refractivity contribution in [2.75, 3.05) is 38.3 Å². The molecule has 134 valence electrons. The van der Waals surface area contributed by atoms with Crippen LogP contribution in [0.1, 0.15) is 11.3 Å². The van der Waals surface area contributed by atoms with Gasteiger partial charge in [0.15, 0.2) is 5.96 Å². The van der Waals surface area contributed by atoms with Crippen LogP contribution in [0.4, 0.5) is 5.69 Å². The van der Waals surface area contributed by atoms with Gasteiger partial charge in [-0.3, -0.25) is 9.98 Å². The molecule has 5 nitrogen and oxygen atoms in total. The molecule has 2 heterocycles. The second-order valence-electron chi connectivity index (χ2n) is 5.73. The Bertz CT molecular complexity index is 678. The maximum absolute atomic E-state index is 5.13. The Labute approximate surface area is 166 Å². The number of nitrogens with zero attached hydrogens (tertiary/aromatic N) is 3. The van der Waals surface area contributed by atoms with Crippen LogP contribution in [0, 0.1) is 0 Å². The zero-order chi connectivity index (χ0) is 16.6. The molecule has 0 saturated heterocycles. The number of aliphatic imine (C=N–C) groups is 1. The van der Waals surface area contributed by atoms with E-state index in [1.54, 1.807) is 7.11 Å². The third-order valence-electron chi connectivity index (χ3n) is 4.09. The highest BCUT2D eigenvalue weighted by Crippen LogP contribution is 2.27. The van der Waals surface area contributed by atoms with Gasteiger partial charge in [0.2, 0.25) is 0 Å². The van der Waals surface area contributed by atoms with Gasteiger partial charge in [0.1, 0.15) is 0 Å². The lowest BCUT2D eigenvalue weighted by Crippen LogP contribution is -2.41. The van der Waals surface area contributed by atoms with Gasteiger partial charge in [0, 0.05) is 44.2 Å². The second-order valence-corrected chi connectivity index (χ2v) is 5.73. The molecule has 1 aliphatic heterocycles. The SMILES string of the molecule is COCCN=C(NCCc1ccccn1)N1CCc2ccccc21.I. The summed E-state index contributed by atoms with van der Waals surface area (Å²) in [5, 5.41) is 3.49. The van der Waals surface area contributed by atoms with Crippen LogP contribution in [-0.4, -0.2) is 44.3 Å². The van der Waals surface area contributed by atoms with Crippen LogP contribution in [0.5, 0.6) is 0 Å². The second kappa shape index (κ2) is 10.4. The Hall–Kier alpha value is -1.67. The average Bonchev–Trinajstić information content (AvgIpc) is 3.05. The van der Waals surface area contributed by atoms with Crippen LogP contribution in [0.15, 0.2) is 53.7 Å². The standard InChI is InChI=1S/C19H24N4O.HI/c1-24-15-13-22-19(21-12-9-17-7-4-5-11-20-17)23-14-10-16-6-2-3-8-18(16)23;/h2-8,11H,9-10,12-15H2,1H3,(H,21,22);1H. The van der Waals surface area contributed by atoms with E-state index in [2.05, 4.69) is 45.5 Å². The quantitative estimate of drug-likeness (QED) is 0.317. The predicted octanol–water partition coefficient (Wildman–Crippen LogP) is 2.90. The van der Waals surface area contributed by atoms with Gasteiger partial charge in [-0.05, 0) is 30.2 Å². The van der Waals surface area contributed by atoms with Crippen molar-refractivity contribution in [1.29, 1.82) is 0 Å². The normalized spacial score (nSPS) is 13.3. The Kier molecular flexibility index (Phi) is 8.14. The molecule has 0 radical (unpaired) electrons. The summed E-state index contributed by atoms with van der Waals surface area (Å²) in [7, 11) is 1.70. The molecule has 1 aromatic carbocycles. The molecule has 1 aromatic heterocycles. The van der Waals surface area contributed by atoms with Gasteiger partial charge >= 0.3 is 0 Å². The van der Waals surface area contributed by atoms with Gasteiger partial charge in [0.25, 0.3) is 0 Å². The highest BCUT2D eigenvalue weighted by molar-refractivity contribution is 14.0. The lowest BCUT2D eigenvalue weighted by atomic mass is 10.2. The molecule has 2 aromatic rings. The highest BCUT2D eigenvalue weighted by atomic mass is 127. The largest absolute Gasteiger partial charge is 0.383 e. The summed E-state index contributed by atoms with van der Waals surface area (Å²) < 4.78 is 5.13. The van der Waals surface area contributed by atoms with Crippen LogP contribution in [0.3, 0.4) is 0 Å². The summed E-state index contributed by atoms with van der Waals surface area (Å²) in [5.41, 5.74) is 3.71. The van der Waals surface area contributed by atoms with E-state index in [1.807, 2.05) is 18.3 Å². The van der Waals surface area contributed by atoms with E-state index in [0.717, 1.165) is 37.6 Å². The van der Waals surface area contributed by atoms with Crippen LogP contribution in [0.25, 0.3) is 0 Å². The Morgan fingerprint density at radius 3 is 2.88 bits per heavy atom. The summed E-state index contributed by atoms with van der Waals surface area (Å²) in [5.74, 6) is 0.924. The van der Waals surface area contributed by atoms with Gasteiger partial charge in [-0.15, -0.1) is 24.0 Å². The molecule has 0 spiro atoms. The molecule has 0 unspecified atom stereocenters. The molecule has 3 rings (SSSR count). The number of hydrogen-bond acceptors (Lipinski definition) is 3. The highest BCUT2D eigenvalue weighted by Gasteiger charge is 2.22. The average molecular weight is 452 g/mol. The Balaban J connectivity index is 0.00000225. The molecule has 0 amide bonds. The smallest absolute Gasteiger partial charge is 0.198 e. The van der Waals surface area contributed by atoms with E-state index in [9.17, 15) is 0 Å². The number of anilines is 1. The number of para-hydroxylation sites is 1. The van der Waals surface area contributed by atoms with Crippen LogP contribution < -0.4 is 10.2 Å². The van der Waals surface area contributed by atoms with Crippen molar-refractivity contribution in [3.63, 3.8) is 0 Å². The first-order chi connectivity index (χ1) is 11.9. The van der Waals surface area contributed by atoms with Crippen LogP contribution in [-0.2, 0) is 17.6 Å². The van der Waals surface area contributed by atoms with E-state index < -0.39 is 0 Å². The van der Waals surface area contributed by atoms with E-state index >= 15 is 0 Å². The minimum absolute atomic E-state index is 0. The third-order valence-corrected chi connectivity index (χ3v) is 4.09. The van der Waals surface area contributed by atoms with Crippen molar-refractivity contribution in [1.82, 2.24) is 10.3 Å². The van der Waals surface area contributed by atoms with Crippen LogP contribution >= 0.6 is 24.0 Å². The molecule has 6 heteroatoms. The molecule has 1 aliphatic rings. The van der Waals surface area contributed by atoms with E-state index in [-0.39, 0.29) is 24.0 Å². The number of aromatic nitrogens is 1. The first kappa shape index (κ1) is 19.7. The van der Waals surface area contributed by atoms with E-state index in [4.69, 9.17) is 9.73 Å². The van der Waals surface area contributed by atoms with Crippen LogP contribution in [0.2, 0.25) is 0 Å². The van der Waals surface area contributed by atoms with Gasteiger partial charge in [-0.2, -0.15) is 0 Å². The topological polar surface area (TPSA) is 49.8 Å². The van der Waals surface area contributed by atoms with Crippen molar-refractivity contribution in [2.45, 2.75) is 12.8 Å². The van der Waals surface area contributed by atoms with Gasteiger partial charge in [-0.25, -0.2) is 0 Å². The van der Waals surface area contributed by atoms with E-state index in [1.165, 1.54) is 11.3 Å². The molecule has 0 aliphatic carbocycles. The fraction of sp³-hybridized carbons (Fsp3) is 0.368.